The molecule has 238 valence electrons. The monoisotopic (exact) mass is 636 g/mol. The van der Waals surface area contributed by atoms with Crippen molar-refractivity contribution in [1.82, 2.24) is 9.55 Å². The van der Waals surface area contributed by atoms with Gasteiger partial charge in [0.25, 0.3) is 15.7 Å². The Kier molecular flexibility index (Phi) is 10.1. The summed E-state index contributed by atoms with van der Waals surface area (Å²) in [6.07, 6.45) is -2.60. The lowest BCUT2D eigenvalue weighted by molar-refractivity contribution is -0.158. The summed E-state index contributed by atoms with van der Waals surface area (Å²) >= 11 is 0. The van der Waals surface area contributed by atoms with Gasteiger partial charge in [-0.25, -0.2) is 4.79 Å². The van der Waals surface area contributed by atoms with Crippen LogP contribution in [0.1, 0.15) is 34.9 Å². The Labute approximate surface area is 261 Å². The molecule has 4 aromatic rings. The van der Waals surface area contributed by atoms with Gasteiger partial charge in [0.2, 0.25) is 0 Å². The van der Waals surface area contributed by atoms with Gasteiger partial charge >= 0.3 is 5.69 Å². The number of ether oxygens (including phenoxy) is 3. The first kappa shape index (κ1) is 32.5. The highest BCUT2D eigenvalue weighted by Gasteiger charge is 2.58. The highest BCUT2D eigenvalue weighted by Crippen LogP contribution is 2.43. The largest absolute Gasteiger partial charge is 0.385 e. The molecule has 1 aliphatic rings. The predicted molar refractivity (Wildman–Crippen MR) is 165 cm³/mol. The molecule has 0 radical (unpaired) electrons. The van der Waals surface area contributed by atoms with Gasteiger partial charge in [0.15, 0.2) is 6.23 Å². The van der Waals surface area contributed by atoms with Gasteiger partial charge in [-0.3, -0.25) is 18.5 Å². The predicted octanol–water partition coefficient (Wildman–Crippen LogP) is 3.38. The summed E-state index contributed by atoms with van der Waals surface area (Å²) in [5.41, 5.74) is -0.111. The Bertz CT molecular complexity index is 1790. The zero-order valence-corrected chi connectivity index (χ0v) is 25.8. The number of hydrogen-bond acceptors (Lipinski definition) is 9. The number of aromatic nitrogens is 2. The zero-order chi connectivity index (χ0) is 32.0. The number of aliphatic hydroxyl groups excluding tert-OH is 1. The quantitative estimate of drug-likeness (QED) is 0.211. The average molecular weight is 637 g/mol. The maximum Gasteiger partial charge on any atom is 0.330 e. The minimum Gasteiger partial charge on any atom is -0.385 e. The molecule has 0 unspecified atom stereocenters. The van der Waals surface area contributed by atoms with Gasteiger partial charge in [-0.05, 0) is 37.1 Å². The summed E-state index contributed by atoms with van der Waals surface area (Å²) in [4.78, 5) is 27.2. The Balaban J connectivity index is 1.47. The van der Waals surface area contributed by atoms with E-state index in [1.54, 1.807) is 12.1 Å². The van der Waals surface area contributed by atoms with Crippen molar-refractivity contribution in [2.45, 2.75) is 62.4 Å². The molecule has 11 nitrogen and oxygen atoms in total. The molecule has 0 amide bonds. The van der Waals surface area contributed by atoms with E-state index in [0.29, 0.717) is 0 Å². The van der Waals surface area contributed by atoms with Crippen molar-refractivity contribution in [1.29, 1.82) is 0 Å². The fourth-order valence-corrected chi connectivity index (χ4v) is 6.16. The first-order valence-electron chi connectivity index (χ1n) is 14.5. The number of benzene rings is 3. The molecule has 0 spiro atoms. The summed E-state index contributed by atoms with van der Waals surface area (Å²) in [5, 5.41) is 11.9. The summed E-state index contributed by atoms with van der Waals surface area (Å²) < 4.78 is 51.4. The standard InChI is InChI=1S/C33H36N2O9S/c1-23-13-15-27(16-14-23)45(39,40)43-18-17-33(42-21-26-11-7-4-8-12-26)28(22-41-20-25-9-5-3-6-10-25)44-31(29(33)36)35-19-24(2)30(37)34-32(35)38/h3-16,19,28-29,31,36H,17-18,20-22H2,1-2H3,(H,34,37,38)/t28-,29+,31-,33-/m1/s1. The van der Waals surface area contributed by atoms with Gasteiger partial charge in [-0.2, -0.15) is 8.42 Å². The van der Waals surface area contributed by atoms with Gasteiger partial charge < -0.3 is 19.3 Å². The molecule has 5 rings (SSSR count). The molecule has 1 saturated heterocycles. The second-order valence-electron chi connectivity index (χ2n) is 11.0. The fraction of sp³-hybridized carbons (Fsp3) is 0.333. The van der Waals surface area contributed by atoms with Crippen LogP contribution < -0.4 is 11.2 Å². The molecule has 0 saturated carbocycles. The Hall–Kier alpha value is -3.91. The summed E-state index contributed by atoms with van der Waals surface area (Å²) in [7, 11) is -4.14. The van der Waals surface area contributed by atoms with Gasteiger partial charge in [0.05, 0.1) is 31.3 Å². The second kappa shape index (κ2) is 14.0. The average Bonchev–Trinajstić information content (AvgIpc) is 3.29. The fourth-order valence-electron chi connectivity index (χ4n) is 5.26. The molecule has 2 heterocycles. The molecule has 2 N–H and O–H groups in total. The Morgan fingerprint density at radius 1 is 0.911 bits per heavy atom. The minimum absolute atomic E-state index is 0.00790. The number of nitrogens with one attached hydrogen (secondary N) is 1. The number of aliphatic hydroxyl groups is 1. The van der Waals surface area contributed by atoms with Crippen molar-refractivity contribution in [2.24, 2.45) is 0 Å². The smallest absolute Gasteiger partial charge is 0.330 e. The molecule has 1 aromatic heterocycles. The van der Waals surface area contributed by atoms with Crippen LogP contribution >= 0.6 is 0 Å². The van der Waals surface area contributed by atoms with Crippen molar-refractivity contribution >= 4 is 10.1 Å². The SMILES string of the molecule is Cc1ccc(S(=O)(=O)OCC[C@@]2(OCc3ccccc3)[C@@H](COCc3ccccc3)O[C@@H](n3cc(C)c(=O)[nH]c3=O)[C@@H]2O)cc1. The first-order chi connectivity index (χ1) is 21.6. The van der Waals surface area contributed by atoms with Crippen LogP contribution in [0.15, 0.2) is 106 Å². The van der Waals surface area contributed by atoms with Crippen LogP contribution in [-0.4, -0.2) is 54.1 Å². The van der Waals surface area contributed by atoms with Crippen LogP contribution in [0.3, 0.4) is 0 Å². The molecule has 0 bridgehead atoms. The minimum atomic E-state index is -4.14. The van der Waals surface area contributed by atoms with Crippen LogP contribution in [0.2, 0.25) is 0 Å². The molecule has 4 atom stereocenters. The molecule has 12 heteroatoms. The number of aryl methyl sites for hydroxylation is 2. The highest BCUT2D eigenvalue weighted by molar-refractivity contribution is 7.86. The summed E-state index contributed by atoms with van der Waals surface area (Å²) in [5.74, 6) is 0. The van der Waals surface area contributed by atoms with Crippen LogP contribution in [0.25, 0.3) is 0 Å². The van der Waals surface area contributed by atoms with E-state index in [2.05, 4.69) is 4.98 Å². The highest BCUT2D eigenvalue weighted by atomic mass is 32.2. The van der Waals surface area contributed by atoms with Crippen molar-refractivity contribution in [2.75, 3.05) is 13.2 Å². The van der Waals surface area contributed by atoms with Crippen molar-refractivity contribution in [3.63, 3.8) is 0 Å². The van der Waals surface area contributed by atoms with Crippen molar-refractivity contribution in [3.05, 3.63) is 134 Å². The van der Waals surface area contributed by atoms with E-state index in [1.165, 1.54) is 25.3 Å². The number of aromatic amines is 1. The van der Waals surface area contributed by atoms with E-state index in [1.807, 2.05) is 67.6 Å². The molecular weight excluding hydrogens is 600 g/mol. The second-order valence-corrected chi connectivity index (χ2v) is 12.6. The van der Waals surface area contributed by atoms with Gasteiger partial charge in [0, 0.05) is 18.2 Å². The van der Waals surface area contributed by atoms with Crippen LogP contribution in [0, 0.1) is 13.8 Å². The third-order valence-corrected chi connectivity index (χ3v) is 9.14. The summed E-state index contributed by atoms with van der Waals surface area (Å²) in [6.45, 7) is 3.20. The van der Waals surface area contributed by atoms with E-state index >= 15 is 0 Å². The number of hydrogen-bond donors (Lipinski definition) is 2. The molecule has 0 aliphatic carbocycles. The normalized spacial score (nSPS) is 21.6. The van der Waals surface area contributed by atoms with Crippen LogP contribution in [0.5, 0.6) is 0 Å². The number of nitrogens with zero attached hydrogens (tertiary/aromatic N) is 1. The third kappa shape index (κ3) is 7.50. The Morgan fingerprint density at radius 2 is 1.53 bits per heavy atom. The maximum absolute atomic E-state index is 13.0. The van der Waals surface area contributed by atoms with Gasteiger partial charge in [-0.15, -0.1) is 0 Å². The van der Waals surface area contributed by atoms with Crippen molar-refractivity contribution in [3.8, 4) is 0 Å². The number of H-pyrrole nitrogens is 1. The molecule has 1 fully saturated rings. The lowest BCUT2D eigenvalue weighted by Crippen LogP contribution is -2.53. The van der Waals surface area contributed by atoms with E-state index in [9.17, 15) is 23.1 Å². The lowest BCUT2D eigenvalue weighted by Gasteiger charge is -2.36. The molecule has 1 aliphatic heterocycles. The van der Waals surface area contributed by atoms with E-state index < -0.39 is 45.4 Å². The van der Waals surface area contributed by atoms with E-state index in [-0.39, 0.29) is 43.3 Å². The zero-order valence-electron chi connectivity index (χ0n) is 25.0. The Morgan fingerprint density at radius 3 is 2.18 bits per heavy atom. The van der Waals surface area contributed by atoms with Gasteiger partial charge in [0.1, 0.15) is 17.8 Å². The number of rotatable bonds is 13. The lowest BCUT2D eigenvalue weighted by atomic mass is 9.88. The van der Waals surface area contributed by atoms with Crippen LogP contribution in [-0.2, 0) is 41.7 Å². The summed E-state index contributed by atoms with van der Waals surface area (Å²) in [6, 6.07) is 25.0. The maximum atomic E-state index is 13.0. The molecule has 3 aromatic carbocycles. The van der Waals surface area contributed by atoms with Crippen LogP contribution in [0.4, 0.5) is 0 Å². The third-order valence-electron chi connectivity index (χ3n) is 7.81. The molecular formula is C33H36N2O9S. The molecule has 45 heavy (non-hydrogen) atoms. The van der Waals surface area contributed by atoms with Crippen molar-refractivity contribution < 1.29 is 31.9 Å². The first-order valence-corrected chi connectivity index (χ1v) is 15.9. The van der Waals surface area contributed by atoms with E-state index in [0.717, 1.165) is 21.3 Å². The van der Waals surface area contributed by atoms with E-state index in [4.69, 9.17) is 18.4 Å². The topological polar surface area (TPSA) is 146 Å². The van der Waals surface area contributed by atoms with Gasteiger partial charge in [-0.1, -0.05) is 78.4 Å².